The van der Waals surface area contributed by atoms with Crippen LogP contribution >= 0.6 is 11.3 Å². The monoisotopic (exact) mass is 309 g/mol. The van der Waals surface area contributed by atoms with E-state index in [1.54, 1.807) is 6.20 Å². The third-order valence-electron chi connectivity index (χ3n) is 3.37. The van der Waals surface area contributed by atoms with Gasteiger partial charge in [0, 0.05) is 31.1 Å². The standard InChI is InChI=1S/C12H15N5O3S/c18-10(13-4-3-9-15-12(19)20-16-9)8-2-1-6-17(8)11-14-5-7-21-11/h5,7-8H,1-4,6H2,(H,13,18)(H,15,16,19)/t8-/m0/s1. The number of anilines is 1. The van der Waals surface area contributed by atoms with Crippen molar-refractivity contribution in [3.63, 3.8) is 0 Å². The van der Waals surface area contributed by atoms with E-state index in [1.165, 1.54) is 11.3 Å². The minimum atomic E-state index is -0.581. The van der Waals surface area contributed by atoms with E-state index in [-0.39, 0.29) is 11.9 Å². The number of nitrogens with one attached hydrogen (secondary N) is 2. The largest absolute Gasteiger partial charge is 0.438 e. The minimum absolute atomic E-state index is 0.0199. The number of hydrogen-bond acceptors (Lipinski definition) is 7. The number of amides is 1. The Kier molecular flexibility index (Phi) is 4.00. The summed E-state index contributed by atoms with van der Waals surface area (Å²) in [5.74, 6) is -0.167. The van der Waals surface area contributed by atoms with E-state index in [4.69, 9.17) is 0 Å². The summed E-state index contributed by atoms with van der Waals surface area (Å²) < 4.78 is 4.40. The molecule has 0 bridgehead atoms. The van der Waals surface area contributed by atoms with Crippen molar-refractivity contribution >= 4 is 22.4 Å². The summed E-state index contributed by atoms with van der Waals surface area (Å²) in [5, 5.41) is 9.21. The summed E-state index contributed by atoms with van der Waals surface area (Å²) in [6.45, 7) is 1.26. The molecule has 1 aliphatic rings. The van der Waals surface area contributed by atoms with E-state index in [2.05, 4.69) is 25.0 Å². The lowest BCUT2D eigenvalue weighted by molar-refractivity contribution is -0.122. The molecular formula is C12H15N5O3S. The molecule has 1 saturated heterocycles. The van der Waals surface area contributed by atoms with Gasteiger partial charge in [-0.05, 0) is 12.8 Å². The molecule has 2 aromatic rings. The van der Waals surface area contributed by atoms with Gasteiger partial charge in [0.25, 0.3) is 0 Å². The molecule has 0 aromatic carbocycles. The first-order valence-electron chi connectivity index (χ1n) is 6.73. The highest BCUT2D eigenvalue weighted by atomic mass is 32.1. The Morgan fingerprint density at radius 1 is 1.62 bits per heavy atom. The van der Waals surface area contributed by atoms with Crippen molar-refractivity contribution in [1.29, 1.82) is 0 Å². The lowest BCUT2D eigenvalue weighted by Gasteiger charge is -2.22. The Balaban J connectivity index is 1.54. The van der Waals surface area contributed by atoms with E-state index < -0.39 is 5.76 Å². The molecule has 0 spiro atoms. The number of hydrogen-bond donors (Lipinski definition) is 2. The fourth-order valence-electron chi connectivity index (χ4n) is 2.42. The Labute approximate surface area is 124 Å². The van der Waals surface area contributed by atoms with Gasteiger partial charge in [0.15, 0.2) is 11.0 Å². The molecule has 0 saturated carbocycles. The Hall–Kier alpha value is -2.16. The highest BCUT2D eigenvalue weighted by Gasteiger charge is 2.31. The maximum absolute atomic E-state index is 12.3. The summed E-state index contributed by atoms with van der Waals surface area (Å²) in [6, 6.07) is -0.174. The van der Waals surface area contributed by atoms with Gasteiger partial charge < -0.3 is 10.2 Å². The van der Waals surface area contributed by atoms with Gasteiger partial charge in [-0.1, -0.05) is 5.16 Å². The second-order valence-corrected chi connectivity index (χ2v) is 5.62. The van der Waals surface area contributed by atoms with Crippen molar-refractivity contribution in [3.05, 3.63) is 28.0 Å². The van der Waals surface area contributed by atoms with Crippen LogP contribution in [0.25, 0.3) is 0 Å². The van der Waals surface area contributed by atoms with Crippen LogP contribution in [0.2, 0.25) is 0 Å². The molecule has 9 heteroatoms. The molecule has 1 aliphatic heterocycles. The van der Waals surface area contributed by atoms with Crippen LogP contribution in [-0.4, -0.2) is 40.2 Å². The number of carbonyl (C=O) groups is 1. The molecular weight excluding hydrogens is 294 g/mol. The van der Waals surface area contributed by atoms with E-state index in [9.17, 15) is 9.59 Å². The smallest absolute Gasteiger partial charge is 0.354 e. The van der Waals surface area contributed by atoms with Gasteiger partial charge in [0.05, 0.1) is 0 Å². The van der Waals surface area contributed by atoms with Gasteiger partial charge in [0.2, 0.25) is 5.91 Å². The van der Waals surface area contributed by atoms with Crippen molar-refractivity contribution < 1.29 is 9.32 Å². The maximum Gasteiger partial charge on any atom is 0.438 e. The molecule has 112 valence electrons. The van der Waals surface area contributed by atoms with E-state index in [1.807, 2.05) is 10.3 Å². The van der Waals surface area contributed by atoms with Crippen molar-refractivity contribution in [2.24, 2.45) is 0 Å². The average molecular weight is 309 g/mol. The number of H-pyrrole nitrogens is 1. The Morgan fingerprint density at radius 3 is 3.24 bits per heavy atom. The molecule has 21 heavy (non-hydrogen) atoms. The summed E-state index contributed by atoms with van der Waals surface area (Å²) >= 11 is 1.54. The Bertz CT molecular complexity index is 650. The molecule has 0 radical (unpaired) electrons. The predicted molar refractivity (Wildman–Crippen MR) is 76.3 cm³/mol. The van der Waals surface area contributed by atoms with Crippen LogP contribution in [0.3, 0.4) is 0 Å². The summed E-state index contributed by atoms with van der Waals surface area (Å²) in [7, 11) is 0. The molecule has 3 rings (SSSR count). The maximum atomic E-state index is 12.3. The van der Waals surface area contributed by atoms with Crippen molar-refractivity contribution in [3.8, 4) is 0 Å². The van der Waals surface area contributed by atoms with Gasteiger partial charge in [-0.25, -0.2) is 9.78 Å². The lowest BCUT2D eigenvalue weighted by atomic mass is 10.2. The summed E-state index contributed by atoms with van der Waals surface area (Å²) in [5.41, 5.74) is 0. The predicted octanol–water partition coefficient (Wildman–Crippen LogP) is 0.147. The zero-order valence-corrected chi connectivity index (χ0v) is 12.1. The molecule has 1 fully saturated rings. The Morgan fingerprint density at radius 2 is 2.52 bits per heavy atom. The zero-order valence-electron chi connectivity index (χ0n) is 11.2. The number of carbonyl (C=O) groups excluding carboxylic acids is 1. The zero-order chi connectivity index (χ0) is 14.7. The quantitative estimate of drug-likeness (QED) is 0.814. The first-order chi connectivity index (χ1) is 10.2. The number of aromatic amines is 1. The number of rotatable bonds is 5. The van der Waals surface area contributed by atoms with Crippen LogP contribution in [-0.2, 0) is 11.2 Å². The lowest BCUT2D eigenvalue weighted by Crippen LogP contribution is -2.44. The average Bonchev–Trinajstić information content (AvgIpc) is 3.19. The molecule has 1 amide bonds. The second-order valence-electron chi connectivity index (χ2n) is 4.75. The molecule has 2 N–H and O–H groups in total. The van der Waals surface area contributed by atoms with E-state index in [0.29, 0.717) is 18.8 Å². The van der Waals surface area contributed by atoms with Crippen molar-refractivity contribution in [1.82, 2.24) is 20.4 Å². The topological polar surface area (TPSA) is 104 Å². The van der Waals surface area contributed by atoms with E-state index >= 15 is 0 Å². The highest BCUT2D eigenvalue weighted by molar-refractivity contribution is 7.13. The number of nitrogens with zero attached hydrogens (tertiary/aromatic N) is 3. The van der Waals surface area contributed by atoms with Gasteiger partial charge in [-0.15, -0.1) is 11.3 Å². The molecule has 0 aliphatic carbocycles. The normalized spacial score (nSPS) is 18.1. The van der Waals surface area contributed by atoms with Gasteiger partial charge >= 0.3 is 5.76 Å². The van der Waals surface area contributed by atoms with Gasteiger partial charge in [-0.2, -0.15) is 0 Å². The van der Waals surface area contributed by atoms with Crippen LogP contribution in [0.5, 0.6) is 0 Å². The van der Waals surface area contributed by atoms with Crippen molar-refractivity contribution in [2.75, 3.05) is 18.0 Å². The van der Waals surface area contributed by atoms with Gasteiger partial charge in [0.1, 0.15) is 6.04 Å². The molecule has 8 nitrogen and oxygen atoms in total. The van der Waals surface area contributed by atoms with E-state index in [0.717, 1.165) is 24.5 Å². The van der Waals surface area contributed by atoms with Crippen LogP contribution in [0.4, 0.5) is 5.13 Å². The number of aromatic nitrogens is 3. The first kappa shape index (κ1) is 13.8. The summed E-state index contributed by atoms with van der Waals surface area (Å²) in [6.07, 6.45) is 3.98. The summed E-state index contributed by atoms with van der Waals surface area (Å²) in [4.78, 5) is 31.8. The number of thiazole rings is 1. The van der Waals surface area contributed by atoms with Crippen LogP contribution < -0.4 is 16.0 Å². The highest BCUT2D eigenvalue weighted by Crippen LogP contribution is 2.27. The SMILES string of the molecule is O=C(NCCc1noc(=O)[nH]1)[C@@H]1CCCN1c1nccs1. The third-order valence-corrected chi connectivity index (χ3v) is 4.18. The second kappa shape index (κ2) is 6.08. The minimum Gasteiger partial charge on any atom is -0.354 e. The van der Waals surface area contributed by atoms with Gasteiger partial charge in [-0.3, -0.25) is 14.3 Å². The molecule has 3 heterocycles. The fourth-order valence-corrected chi connectivity index (χ4v) is 3.14. The van der Waals surface area contributed by atoms with Crippen molar-refractivity contribution in [2.45, 2.75) is 25.3 Å². The first-order valence-corrected chi connectivity index (χ1v) is 7.61. The molecule has 2 aromatic heterocycles. The van der Waals surface area contributed by atoms with Crippen LogP contribution in [0, 0.1) is 0 Å². The fraction of sp³-hybridized carbons (Fsp3) is 0.500. The van der Waals surface area contributed by atoms with Crippen LogP contribution in [0.15, 0.2) is 20.9 Å². The van der Waals surface area contributed by atoms with Crippen LogP contribution in [0.1, 0.15) is 18.7 Å². The third kappa shape index (κ3) is 3.13. The molecule has 1 atom stereocenters. The molecule has 0 unspecified atom stereocenters.